The molecule has 0 saturated carbocycles. The van der Waals surface area contributed by atoms with E-state index in [2.05, 4.69) is 33.7 Å². The number of hydrogen-bond donors (Lipinski definition) is 1. The fourth-order valence-electron chi connectivity index (χ4n) is 4.49. The third-order valence-corrected chi connectivity index (χ3v) is 6.53. The first-order valence-corrected chi connectivity index (χ1v) is 12.6. The molecule has 1 saturated heterocycles. The summed E-state index contributed by atoms with van der Waals surface area (Å²) in [5.74, 6) is -0.0398. The largest absolute Gasteiger partial charge is 0.472 e. The third-order valence-electron chi connectivity index (χ3n) is 6.53. The third kappa shape index (κ3) is 5.85. The predicted octanol–water partition coefficient (Wildman–Crippen LogP) is 4.04. The Morgan fingerprint density at radius 2 is 2.08 bits per heavy atom. The van der Waals surface area contributed by atoms with Gasteiger partial charge >= 0.3 is 12.0 Å². The second-order valence-corrected chi connectivity index (χ2v) is 9.50. The van der Waals surface area contributed by atoms with E-state index < -0.39 is 24.2 Å². The van der Waals surface area contributed by atoms with Crippen LogP contribution in [0.2, 0.25) is 0 Å². The molecule has 1 aromatic carbocycles. The molecule has 38 heavy (non-hydrogen) atoms. The average molecular weight is 520 g/mol. The summed E-state index contributed by atoms with van der Waals surface area (Å²) in [6.07, 6.45) is 6.26. The molecule has 3 aromatic rings. The maximum Gasteiger partial charge on any atom is 0.328 e. The van der Waals surface area contributed by atoms with E-state index in [4.69, 9.17) is 13.9 Å². The van der Waals surface area contributed by atoms with E-state index in [0.29, 0.717) is 24.6 Å². The summed E-state index contributed by atoms with van der Waals surface area (Å²) < 4.78 is 17.0. The van der Waals surface area contributed by atoms with Gasteiger partial charge in [-0.05, 0) is 35.4 Å². The summed E-state index contributed by atoms with van der Waals surface area (Å²) in [5.41, 5.74) is 0.936. The van der Waals surface area contributed by atoms with Crippen LogP contribution in [0.25, 0.3) is 16.8 Å². The molecule has 3 atom stereocenters. The Kier molecular flexibility index (Phi) is 8.40. The van der Waals surface area contributed by atoms with Gasteiger partial charge in [0.2, 0.25) is 17.7 Å². The molecular weight excluding hydrogens is 486 g/mol. The van der Waals surface area contributed by atoms with Gasteiger partial charge in [-0.2, -0.15) is 0 Å². The molecule has 10 heteroatoms. The number of allylic oxidation sites excluding steroid dienone is 1. The Bertz CT molecular complexity index is 1320. The second-order valence-electron chi connectivity index (χ2n) is 9.50. The Balaban J connectivity index is 1.55. The minimum Gasteiger partial charge on any atom is -0.472 e. The number of rotatable bonds is 11. The molecule has 1 fully saturated rings. The molecule has 1 aliphatic heterocycles. The Hall–Kier alpha value is -4.21. The number of methoxy groups -OCH3 is 1. The minimum absolute atomic E-state index is 0.138. The van der Waals surface area contributed by atoms with E-state index in [-0.39, 0.29) is 30.8 Å². The van der Waals surface area contributed by atoms with E-state index in [1.165, 1.54) is 12.0 Å². The second kappa shape index (κ2) is 11.9. The van der Waals surface area contributed by atoms with Gasteiger partial charge in [0.15, 0.2) is 0 Å². The summed E-state index contributed by atoms with van der Waals surface area (Å²) in [4.78, 5) is 32.4. The first-order valence-electron chi connectivity index (χ1n) is 12.6. The van der Waals surface area contributed by atoms with Gasteiger partial charge in [-0.15, -0.1) is 11.7 Å². The number of anilines is 1. The number of carbonyl (C=O) groups excluding carboxylic acids is 2. The van der Waals surface area contributed by atoms with Crippen molar-refractivity contribution in [3.05, 3.63) is 61.2 Å². The highest BCUT2D eigenvalue weighted by molar-refractivity contribution is 5.90. The van der Waals surface area contributed by atoms with Gasteiger partial charge in [-0.1, -0.05) is 49.8 Å². The normalized spacial score (nSPS) is 17.8. The molecule has 0 aliphatic carbocycles. The first kappa shape index (κ1) is 26.8. The molecule has 1 unspecified atom stereocenters. The van der Waals surface area contributed by atoms with E-state index in [1.54, 1.807) is 18.3 Å². The molecule has 4 rings (SSSR count). The van der Waals surface area contributed by atoms with E-state index in [0.717, 1.165) is 16.3 Å². The lowest BCUT2D eigenvalue weighted by molar-refractivity contribution is -0.151. The van der Waals surface area contributed by atoms with E-state index in [1.807, 2.05) is 38.1 Å². The highest BCUT2D eigenvalue weighted by Crippen LogP contribution is 2.30. The van der Waals surface area contributed by atoms with Crippen LogP contribution in [0.15, 0.2) is 54.1 Å². The van der Waals surface area contributed by atoms with Crippen molar-refractivity contribution in [3.63, 3.8) is 0 Å². The van der Waals surface area contributed by atoms with E-state index >= 15 is 0 Å². The molecule has 200 valence electrons. The van der Waals surface area contributed by atoms with Gasteiger partial charge in [-0.25, -0.2) is 9.78 Å². The Morgan fingerprint density at radius 3 is 2.79 bits per heavy atom. The number of nitrogens with zero attached hydrogens (tertiary/aromatic N) is 4. The molecule has 2 aromatic heterocycles. The number of aryl methyl sites for hydroxylation is 1. The number of likely N-dealkylation sites (tertiary alicyclic amines) is 1. The Labute approximate surface area is 221 Å². The van der Waals surface area contributed by atoms with Crippen LogP contribution < -0.4 is 10.1 Å². The standard InChI is InChI=1S/C28H33N5O5/c1-6-8-9-23-31-32-28(38-23)30-24(17(3)4)26(34)33-16-20(15-22(33)27(35)36-5)37-25-21-14-18(7-2)10-11-19(21)12-13-29-25/h6-7,10-14,17,20,22,24H,1-2,8-9,15-16H2,3-5H3,(H,30,32)/t20?,22-,24-/m0/s1. The summed E-state index contributed by atoms with van der Waals surface area (Å²) >= 11 is 0. The zero-order valence-electron chi connectivity index (χ0n) is 21.9. The maximum absolute atomic E-state index is 13.8. The Morgan fingerprint density at radius 1 is 1.26 bits per heavy atom. The number of fused-ring (bicyclic) bond motifs is 1. The van der Waals surface area contributed by atoms with Gasteiger partial charge in [-0.3, -0.25) is 4.79 Å². The van der Waals surface area contributed by atoms with Crippen LogP contribution in [0.3, 0.4) is 0 Å². The maximum atomic E-state index is 13.8. The van der Waals surface area contributed by atoms with Gasteiger partial charge in [0.05, 0.1) is 13.7 Å². The van der Waals surface area contributed by atoms with Crippen LogP contribution in [0, 0.1) is 5.92 Å². The molecule has 1 N–H and O–H groups in total. The number of nitrogens with one attached hydrogen (secondary N) is 1. The molecule has 3 heterocycles. The topological polar surface area (TPSA) is 120 Å². The number of benzene rings is 1. The van der Waals surface area contributed by atoms with Gasteiger partial charge in [0.25, 0.3) is 0 Å². The van der Waals surface area contributed by atoms with Gasteiger partial charge < -0.3 is 24.1 Å². The van der Waals surface area contributed by atoms with Crippen LogP contribution in [0.5, 0.6) is 5.88 Å². The van der Waals surface area contributed by atoms with Crippen LogP contribution >= 0.6 is 0 Å². The van der Waals surface area contributed by atoms with Crippen molar-refractivity contribution >= 4 is 34.7 Å². The van der Waals surface area contributed by atoms with Gasteiger partial charge in [0.1, 0.15) is 18.2 Å². The lowest BCUT2D eigenvalue weighted by Crippen LogP contribution is -2.50. The summed E-state index contributed by atoms with van der Waals surface area (Å²) in [5, 5.41) is 12.9. The van der Waals surface area contributed by atoms with Crippen molar-refractivity contribution in [1.29, 1.82) is 0 Å². The number of aromatic nitrogens is 3. The van der Waals surface area contributed by atoms with E-state index in [9.17, 15) is 9.59 Å². The summed E-state index contributed by atoms with van der Waals surface area (Å²) in [6, 6.07) is 6.43. The minimum atomic E-state index is -0.801. The smallest absolute Gasteiger partial charge is 0.328 e. The molecule has 1 amide bonds. The lowest BCUT2D eigenvalue weighted by atomic mass is 10.0. The number of ether oxygens (including phenoxy) is 2. The molecule has 10 nitrogen and oxygen atoms in total. The SMILES string of the molecule is C=CCCc1nnc(N[C@H](C(=O)N2CC(Oc3nccc4ccc(C=C)cc34)C[C@H]2C(=O)OC)C(C)C)o1. The number of pyridine rings is 1. The number of hydrogen-bond acceptors (Lipinski definition) is 9. The van der Waals surface area contributed by atoms with Crippen molar-refractivity contribution in [3.8, 4) is 5.88 Å². The molecule has 0 bridgehead atoms. The highest BCUT2D eigenvalue weighted by Gasteiger charge is 2.44. The average Bonchev–Trinajstić information content (AvgIpc) is 3.56. The quantitative estimate of drug-likeness (QED) is 0.296. The van der Waals surface area contributed by atoms with Crippen molar-refractivity contribution in [2.45, 2.75) is 51.3 Å². The monoisotopic (exact) mass is 519 g/mol. The summed E-state index contributed by atoms with van der Waals surface area (Å²) in [6.45, 7) is 11.5. The number of amides is 1. The number of esters is 1. The molecular formula is C28H33N5O5. The predicted molar refractivity (Wildman–Crippen MR) is 143 cm³/mol. The summed E-state index contributed by atoms with van der Waals surface area (Å²) in [7, 11) is 1.31. The molecule has 1 aliphatic rings. The fourth-order valence-corrected chi connectivity index (χ4v) is 4.49. The van der Waals surface area contributed by atoms with Crippen LogP contribution in [0.1, 0.15) is 38.1 Å². The highest BCUT2D eigenvalue weighted by atomic mass is 16.5. The van der Waals surface area contributed by atoms with Gasteiger partial charge in [0, 0.05) is 24.4 Å². The van der Waals surface area contributed by atoms with Crippen molar-refractivity contribution < 1.29 is 23.5 Å². The van der Waals surface area contributed by atoms with Crippen molar-refractivity contribution in [1.82, 2.24) is 20.1 Å². The molecule has 0 spiro atoms. The van der Waals surface area contributed by atoms with Crippen LogP contribution in [0.4, 0.5) is 6.01 Å². The molecule has 0 radical (unpaired) electrons. The fraction of sp³-hybridized carbons (Fsp3) is 0.393. The zero-order valence-corrected chi connectivity index (χ0v) is 21.9. The number of carbonyl (C=O) groups is 2. The lowest BCUT2D eigenvalue weighted by Gasteiger charge is -2.29. The zero-order chi connectivity index (χ0) is 27.2. The van der Waals surface area contributed by atoms with Crippen molar-refractivity contribution in [2.24, 2.45) is 5.92 Å². The van der Waals surface area contributed by atoms with Crippen LogP contribution in [-0.2, 0) is 20.7 Å². The van der Waals surface area contributed by atoms with Crippen LogP contribution in [-0.4, -0.2) is 63.8 Å². The first-order chi connectivity index (χ1) is 18.3. The van der Waals surface area contributed by atoms with Crippen molar-refractivity contribution in [2.75, 3.05) is 19.0 Å².